The fourth-order valence-corrected chi connectivity index (χ4v) is 5.89. The molecule has 0 spiro atoms. The van der Waals surface area contributed by atoms with Crippen molar-refractivity contribution in [1.82, 2.24) is 19.8 Å². The van der Waals surface area contributed by atoms with Crippen LogP contribution in [-0.4, -0.2) is 58.8 Å². The van der Waals surface area contributed by atoms with E-state index in [4.69, 9.17) is 9.72 Å². The van der Waals surface area contributed by atoms with Gasteiger partial charge in [0.15, 0.2) is 11.6 Å². The first-order chi connectivity index (χ1) is 18.5. The molecular weight excluding hydrogens is 499 g/mol. The van der Waals surface area contributed by atoms with E-state index in [0.29, 0.717) is 23.7 Å². The van der Waals surface area contributed by atoms with E-state index in [1.54, 1.807) is 24.4 Å². The van der Waals surface area contributed by atoms with Gasteiger partial charge >= 0.3 is 0 Å². The number of carbonyl (C=O) groups excluding carboxylic acids is 1. The number of hydrogen-bond acceptors (Lipinski definition) is 7. The van der Waals surface area contributed by atoms with Gasteiger partial charge < -0.3 is 9.64 Å². The molecule has 0 atom stereocenters. The third-order valence-electron chi connectivity index (χ3n) is 7.29. The number of pyridine rings is 2. The lowest BCUT2D eigenvalue weighted by Crippen LogP contribution is -2.43. The molecular formula is C30H31FN4O2S. The number of Topliss-reactive ketones (excluding diaryl/α,β-unsaturated/α-hetero) is 1. The Bertz CT molecular complexity index is 1440. The number of hydrogen-bond donors (Lipinski definition) is 0. The molecule has 2 fully saturated rings. The first-order valence-electron chi connectivity index (χ1n) is 13.2. The number of ketones is 1. The molecule has 1 aliphatic carbocycles. The third-order valence-corrected chi connectivity index (χ3v) is 8.45. The lowest BCUT2D eigenvalue weighted by Gasteiger charge is -2.32. The highest BCUT2D eigenvalue weighted by Gasteiger charge is 2.24. The molecule has 2 aliphatic rings. The average molecular weight is 531 g/mol. The number of aromatic nitrogens is 2. The van der Waals surface area contributed by atoms with Crippen LogP contribution in [-0.2, 0) is 17.8 Å². The Labute approximate surface area is 226 Å². The first kappa shape index (κ1) is 25.1. The Balaban J connectivity index is 1.15. The van der Waals surface area contributed by atoms with E-state index < -0.39 is 5.82 Å². The Kier molecular flexibility index (Phi) is 7.19. The minimum absolute atomic E-state index is 0.136. The van der Waals surface area contributed by atoms with E-state index in [9.17, 15) is 9.18 Å². The first-order valence-corrected chi connectivity index (χ1v) is 14.0. The molecule has 3 aromatic heterocycles. The summed E-state index contributed by atoms with van der Waals surface area (Å²) < 4.78 is 21.7. The molecule has 0 N–H and O–H groups in total. The van der Waals surface area contributed by atoms with Gasteiger partial charge in [-0.3, -0.25) is 19.7 Å². The number of carbonyl (C=O) groups is 1. The highest BCUT2D eigenvalue weighted by Crippen LogP contribution is 2.39. The number of fused-ring (bicyclic) bond motifs is 1. The molecule has 4 heterocycles. The minimum atomic E-state index is -0.471. The summed E-state index contributed by atoms with van der Waals surface area (Å²) in [6.07, 6.45) is 6.76. The zero-order valence-corrected chi connectivity index (χ0v) is 22.3. The number of piperazine rings is 1. The smallest absolute Gasteiger partial charge is 0.166 e. The van der Waals surface area contributed by atoms with Crippen molar-refractivity contribution in [2.24, 2.45) is 5.92 Å². The summed E-state index contributed by atoms with van der Waals surface area (Å²) in [5, 5.41) is 0. The molecule has 0 radical (unpaired) electrons. The summed E-state index contributed by atoms with van der Waals surface area (Å²) in [4.78, 5) is 27.2. The Morgan fingerprint density at radius 1 is 1.03 bits per heavy atom. The molecule has 1 saturated carbocycles. The number of nitrogens with zero attached hydrogens (tertiary/aromatic N) is 4. The van der Waals surface area contributed by atoms with E-state index in [2.05, 4.69) is 34.0 Å². The number of rotatable bonds is 9. The Morgan fingerprint density at radius 3 is 2.58 bits per heavy atom. The van der Waals surface area contributed by atoms with Crippen LogP contribution in [0.3, 0.4) is 0 Å². The highest BCUT2D eigenvalue weighted by atomic mass is 32.1. The van der Waals surface area contributed by atoms with Gasteiger partial charge in [0.1, 0.15) is 11.5 Å². The molecule has 0 unspecified atom stereocenters. The topological polar surface area (TPSA) is 58.6 Å². The van der Waals surface area contributed by atoms with Gasteiger partial charge in [0.25, 0.3) is 0 Å². The second-order valence-corrected chi connectivity index (χ2v) is 11.5. The predicted molar refractivity (Wildman–Crippen MR) is 148 cm³/mol. The number of ether oxygens (including phenoxy) is 1. The standard InChI is InChI=1S/C30H31FN4O2S/c1-34-10-12-35(13-11-34)19-22-4-6-25(33-18-22)29-17-26-30(38-29)28(8-9-32-26)37-27-7-5-21(16-24(27)31)15-23(36)14-20-2-3-20/h4-9,16-18,20H,2-3,10-15,19H2,1H3. The van der Waals surface area contributed by atoms with Crippen molar-refractivity contribution in [3.63, 3.8) is 0 Å². The summed E-state index contributed by atoms with van der Waals surface area (Å²) in [6, 6.07) is 12.7. The van der Waals surface area contributed by atoms with E-state index in [-0.39, 0.29) is 18.0 Å². The quantitative estimate of drug-likeness (QED) is 0.267. The van der Waals surface area contributed by atoms with Crippen LogP contribution in [0.25, 0.3) is 20.8 Å². The second kappa shape index (κ2) is 10.9. The van der Waals surface area contributed by atoms with Gasteiger partial charge in [-0.25, -0.2) is 4.39 Å². The van der Waals surface area contributed by atoms with E-state index in [1.807, 2.05) is 12.3 Å². The summed E-state index contributed by atoms with van der Waals surface area (Å²) in [6.45, 7) is 5.25. The van der Waals surface area contributed by atoms with Crippen LogP contribution in [0.1, 0.15) is 30.4 Å². The van der Waals surface area contributed by atoms with Crippen molar-refractivity contribution in [3.8, 4) is 22.1 Å². The lowest BCUT2D eigenvalue weighted by molar-refractivity contribution is -0.118. The van der Waals surface area contributed by atoms with Crippen LogP contribution in [0, 0.1) is 11.7 Å². The van der Waals surface area contributed by atoms with E-state index in [0.717, 1.165) is 66.4 Å². The van der Waals surface area contributed by atoms with Gasteiger partial charge in [-0.2, -0.15) is 0 Å². The summed E-state index contributed by atoms with van der Waals surface area (Å²) in [7, 11) is 2.16. The van der Waals surface area contributed by atoms with Crippen molar-refractivity contribution in [2.45, 2.75) is 32.2 Å². The molecule has 1 aromatic carbocycles. The molecule has 38 heavy (non-hydrogen) atoms. The molecule has 0 bridgehead atoms. The van der Waals surface area contributed by atoms with E-state index >= 15 is 0 Å². The Morgan fingerprint density at radius 2 is 1.84 bits per heavy atom. The molecule has 6 rings (SSSR count). The second-order valence-electron chi connectivity index (χ2n) is 10.5. The maximum Gasteiger partial charge on any atom is 0.166 e. The molecule has 1 aliphatic heterocycles. The van der Waals surface area contributed by atoms with Crippen molar-refractivity contribution < 1.29 is 13.9 Å². The van der Waals surface area contributed by atoms with Crippen LogP contribution in [0.2, 0.25) is 0 Å². The number of likely N-dealkylation sites (N-methyl/N-ethyl adjacent to an activating group) is 1. The van der Waals surface area contributed by atoms with Crippen LogP contribution >= 0.6 is 11.3 Å². The van der Waals surface area contributed by atoms with Gasteiger partial charge in [-0.15, -0.1) is 11.3 Å². The number of halogens is 1. The molecule has 4 aromatic rings. The van der Waals surface area contributed by atoms with Crippen molar-refractivity contribution in [3.05, 3.63) is 71.8 Å². The zero-order valence-electron chi connectivity index (χ0n) is 21.5. The van der Waals surface area contributed by atoms with Crippen LogP contribution in [0.5, 0.6) is 11.5 Å². The van der Waals surface area contributed by atoms with Gasteiger partial charge in [0.2, 0.25) is 0 Å². The normalized spacial score (nSPS) is 16.7. The summed E-state index contributed by atoms with van der Waals surface area (Å²) in [5.74, 6) is 0.922. The molecule has 0 amide bonds. The van der Waals surface area contributed by atoms with Gasteiger partial charge in [-0.05, 0) is 61.2 Å². The number of thiophene rings is 1. The SMILES string of the molecule is CN1CCN(Cc2ccc(-c3cc4nccc(Oc5ccc(CC(=O)CC6CC6)cc5F)c4s3)nc2)CC1. The fourth-order valence-electron chi connectivity index (χ4n) is 4.85. The Hall–Kier alpha value is -3.20. The van der Waals surface area contributed by atoms with Crippen molar-refractivity contribution in [1.29, 1.82) is 0 Å². The highest BCUT2D eigenvalue weighted by molar-refractivity contribution is 7.22. The molecule has 8 heteroatoms. The largest absolute Gasteiger partial charge is 0.453 e. The van der Waals surface area contributed by atoms with Crippen molar-refractivity contribution in [2.75, 3.05) is 33.2 Å². The molecule has 196 valence electrons. The van der Waals surface area contributed by atoms with E-state index in [1.165, 1.54) is 23.0 Å². The minimum Gasteiger partial charge on any atom is -0.453 e. The summed E-state index contributed by atoms with van der Waals surface area (Å²) in [5.41, 5.74) is 3.55. The van der Waals surface area contributed by atoms with Crippen LogP contribution in [0.4, 0.5) is 4.39 Å². The van der Waals surface area contributed by atoms with Crippen molar-refractivity contribution >= 4 is 27.3 Å². The van der Waals surface area contributed by atoms with Gasteiger partial charge in [0, 0.05) is 64.0 Å². The van der Waals surface area contributed by atoms with Crippen LogP contribution < -0.4 is 4.74 Å². The maximum atomic E-state index is 14.9. The van der Waals surface area contributed by atoms with Crippen LogP contribution in [0.15, 0.2) is 54.9 Å². The lowest BCUT2D eigenvalue weighted by atomic mass is 10.0. The fraction of sp³-hybridized carbons (Fsp3) is 0.367. The predicted octanol–water partition coefficient (Wildman–Crippen LogP) is 5.95. The molecule has 1 saturated heterocycles. The third kappa shape index (κ3) is 5.93. The number of benzene rings is 1. The molecule has 6 nitrogen and oxygen atoms in total. The van der Waals surface area contributed by atoms with Gasteiger partial charge in [-0.1, -0.05) is 12.1 Å². The maximum absolute atomic E-state index is 14.9. The monoisotopic (exact) mass is 530 g/mol. The van der Waals surface area contributed by atoms with Gasteiger partial charge in [0.05, 0.1) is 20.8 Å². The summed E-state index contributed by atoms with van der Waals surface area (Å²) >= 11 is 1.53. The average Bonchev–Trinajstić information content (AvgIpc) is 3.61. The zero-order chi connectivity index (χ0) is 26.1.